The molecule has 0 atom stereocenters. The highest BCUT2D eigenvalue weighted by atomic mass is 79.9. The number of benzene rings is 1. The van der Waals surface area contributed by atoms with Gasteiger partial charge in [-0.1, -0.05) is 15.9 Å². The number of hydrogen-bond acceptors (Lipinski definition) is 3. The summed E-state index contributed by atoms with van der Waals surface area (Å²) in [6.07, 6.45) is 0. The third-order valence-corrected chi connectivity index (χ3v) is 3.18. The Hall–Kier alpha value is -1.42. The van der Waals surface area contributed by atoms with Crippen molar-refractivity contribution < 1.29 is 9.15 Å². The Kier molecular flexibility index (Phi) is 3.97. The van der Waals surface area contributed by atoms with Crippen LogP contribution in [-0.4, -0.2) is 7.11 Å². The van der Waals surface area contributed by atoms with Gasteiger partial charge in [-0.05, 0) is 43.7 Å². The summed E-state index contributed by atoms with van der Waals surface area (Å²) in [6, 6.07) is 7.94. The van der Waals surface area contributed by atoms with Crippen LogP contribution in [0.25, 0.3) is 0 Å². The number of halogens is 1. The van der Waals surface area contributed by atoms with Crippen LogP contribution in [-0.2, 0) is 6.54 Å². The fourth-order valence-electron chi connectivity index (χ4n) is 1.86. The monoisotopic (exact) mass is 309 g/mol. The molecule has 1 aromatic carbocycles. The van der Waals surface area contributed by atoms with E-state index in [0.29, 0.717) is 6.54 Å². The zero-order valence-electron chi connectivity index (χ0n) is 10.7. The Bertz CT molecular complexity index is 549. The van der Waals surface area contributed by atoms with Crippen LogP contribution in [0.2, 0.25) is 0 Å². The fraction of sp³-hybridized carbons (Fsp3) is 0.286. The summed E-state index contributed by atoms with van der Waals surface area (Å²) < 4.78 is 11.9. The number of nitrogens with one attached hydrogen (secondary N) is 1. The standard InChI is InChI=1S/C14H16BrNO2/c1-9-6-11(15)7-13(17-3)14(9)16-8-12-5-4-10(2)18-12/h4-7,16H,8H2,1-3H3. The third kappa shape index (κ3) is 2.88. The van der Waals surface area contributed by atoms with Gasteiger partial charge in [0.25, 0.3) is 0 Å². The quantitative estimate of drug-likeness (QED) is 0.915. The number of anilines is 1. The molecule has 1 aromatic heterocycles. The van der Waals surface area contributed by atoms with E-state index in [0.717, 1.165) is 33.0 Å². The van der Waals surface area contributed by atoms with E-state index >= 15 is 0 Å². The topological polar surface area (TPSA) is 34.4 Å². The van der Waals surface area contributed by atoms with Crippen molar-refractivity contribution in [2.45, 2.75) is 20.4 Å². The molecule has 0 aliphatic rings. The largest absolute Gasteiger partial charge is 0.495 e. The molecule has 3 nitrogen and oxygen atoms in total. The molecule has 0 saturated carbocycles. The molecule has 0 bridgehead atoms. The minimum absolute atomic E-state index is 0.646. The minimum Gasteiger partial charge on any atom is -0.495 e. The van der Waals surface area contributed by atoms with E-state index in [-0.39, 0.29) is 0 Å². The first kappa shape index (κ1) is 13.0. The lowest BCUT2D eigenvalue weighted by Gasteiger charge is -2.13. The van der Waals surface area contributed by atoms with E-state index in [1.54, 1.807) is 7.11 Å². The van der Waals surface area contributed by atoms with Crippen LogP contribution < -0.4 is 10.1 Å². The van der Waals surface area contributed by atoms with Gasteiger partial charge in [0.05, 0.1) is 19.3 Å². The Balaban J connectivity index is 2.18. The Morgan fingerprint density at radius 1 is 1.28 bits per heavy atom. The highest BCUT2D eigenvalue weighted by Gasteiger charge is 2.08. The van der Waals surface area contributed by atoms with Crippen molar-refractivity contribution in [1.29, 1.82) is 0 Å². The van der Waals surface area contributed by atoms with E-state index in [2.05, 4.69) is 27.3 Å². The molecule has 0 saturated heterocycles. The van der Waals surface area contributed by atoms with Crippen LogP contribution in [0.4, 0.5) is 5.69 Å². The SMILES string of the molecule is COc1cc(Br)cc(C)c1NCc1ccc(C)o1. The molecule has 0 unspecified atom stereocenters. The van der Waals surface area contributed by atoms with Gasteiger partial charge in [-0.3, -0.25) is 0 Å². The normalized spacial score (nSPS) is 10.4. The summed E-state index contributed by atoms with van der Waals surface area (Å²) >= 11 is 3.46. The van der Waals surface area contributed by atoms with E-state index in [1.807, 2.05) is 32.0 Å². The fourth-order valence-corrected chi connectivity index (χ4v) is 2.41. The van der Waals surface area contributed by atoms with Crippen molar-refractivity contribution >= 4 is 21.6 Å². The summed E-state index contributed by atoms with van der Waals surface area (Å²) in [7, 11) is 1.67. The molecule has 0 aliphatic carbocycles. The van der Waals surface area contributed by atoms with E-state index in [4.69, 9.17) is 9.15 Å². The van der Waals surface area contributed by atoms with Gasteiger partial charge in [-0.15, -0.1) is 0 Å². The number of methoxy groups -OCH3 is 1. The zero-order chi connectivity index (χ0) is 13.1. The zero-order valence-corrected chi connectivity index (χ0v) is 12.3. The molecule has 0 spiro atoms. The maximum absolute atomic E-state index is 5.53. The summed E-state index contributed by atoms with van der Waals surface area (Å²) in [5.41, 5.74) is 2.12. The highest BCUT2D eigenvalue weighted by molar-refractivity contribution is 9.10. The van der Waals surface area contributed by atoms with Crippen LogP contribution in [0.15, 0.2) is 33.2 Å². The van der Waals surface area contributed by atoms with Crippen molar-refractivity contribution in [2.75, 3.05) is 12.4 Å². The number of aryl methyl sites for hydroxylation is 2. The lowest BCUT2D eigenvalue weighted by Crippen LogP contribution is -2.02. The second kappa shape index (κ2) is 5.48. The van der Waals surface area contributed by atoms with Gasteiger partial charge in [0.15, 0.2) is 0 Å². The van der Waals surface area contributed by atoms with Gasteiger partial charge in [0, 0.05) is 4.47 Å². The number of furan rings is 1. The molecule has 4 heteroatoms. The molecule has 2 aromatic rings. The van der Waals surface area contributed by atoms with Gasteiger partial charge >= 0.3 is 0 Å². The van der Waals surface area contributed by atoms with Crippen molar-refractivity contribution in [3.05, 3.63) is 45.8 Å². The molecule has 1 heterocycles. The minimum atomic E-state index is 0.646. The predicted octanol–water partition coefficient (Wildman–Crippen LogP) is 4.28. The van der Waals surface area contributed by atoms with E-state index < -0.39 is 0 Å². The molecular formula is C14H16BrNO2. The van der Waals surface area contributed by atoms with Crippen LogP contribution in [0, 0.1) is 13.8 Å². The molecule has 2 rings (SSSR count). The number of hydrogen-bond donors (Lipinski definition) is 1. The van der Waals surface area contributed by atoms with Crippen LogP contribution in [0.1, 0.15) is 17.1 Å². The summed E-state index contributed by atoms with van der Waals surface area (Å²) in [6.45, 7) is 4.63. The maximum atomic E-state index is 5.53. The van der Waals surface area contributed by atoms with Gasteiger partial charge < -0.3 is 14.5 Å². The molecule has 0 radical (unpaired) electrons. The number of rotatable bonds is 4. The van der Waals surface area contributed by atoms with Crippen molar-refractivity contribution in [2.24, 2.45) is 0 Å². The Labute approximate surface area is 115 Å². The molecule has 0 amide bonds. The van der Waals surface area contributed by atoms with Crippen molar-refractivity contribution in [1.82, 2.24) is 0 Å². The van der Waals surface area contributed by atoms with E-state index in [9.17, 15) is 0 Å². The summed E-state index contributed by atoms with van der Waals surface area (Å²) in [5, 5.41) is 3.35. The number of ether oxygens (including phenoxy) is 1. The Morgan fingerprint density at radius 3 is 2.67 bits per heavy atom. The molecule has 18 heavy (non-hydrogen) atoms. The summed E-state index contributed by atoms with van der Waals surface area (Å²) in [5.74, 6) is 2.66. The van der Waals surface area contributed by atoms with Gasteiger partial charge in [-0.2, -0.15) is 0 Å². The smallest absolute Gasteiger partial charge is 0.143 e. The first-order valence-corrected chi connectivity index (χ1v) is 6.53. The van der Waals surface area contributed by atoms with Gasteiger partial charge in [-0.25, -0.2) is 0 Å². The van der Waals surface area contributed by atoms with Crippen LogP contribution >= 0.6 is 15.9 Å². The maximum Gasteiger partial charge on any atom is 0.143 e. The first-order chi connectivity index (χ1) is 8.60. The second-order valence-electron chi connectivity index (χ2n) is 4.17. The third-order valence-electron chi connectivity index (χ3n) is 2.72. The van der Waals surface area contributed by atoms with Gasteiger partial charge in [0.2, 0.25) is 0 Å². The lowest BCUT2D eigenvalue weighted by molar-refractivity contribution is 0.415. The first-order valence-electron chi connectivity index (χ1n) is 5.73. The summed E-state index contributed by atoms with van der Waals surface area (Å²) in [4.78, 5) is 0. The second-order valence-corrected chi connectivity index (χ2v) is 5.08. The lowest BCUT2D eigenvalue weighted by atomic mass is 10.2. The van der Waals surface area contributed by atoms with Crippen LogP contribution in [0.5, 0.6) is 5.75 Å². The highest BCUT2D eigenvalue weighted by Crippen LogP contribution is 2.32. The molecule has 1 N–H and O–H groups in total. The van der Waals surface area contributed by atoms with Crippen LogP contribution in [0.3, 0.4) is 0 Å². The molecular weight excluding hydrogens is 294 g/mol. The molecule has 0 fully saturated rings. The molecule has 96 valence electrons. The molecule has 0 aliphatic heterocycles. The average molecular weight is 310 g/mol. The average Bonchev–Trinajstić information content (AvgIpc) is 2.73. The van der Waals surface area contributed by atoms with E-state index in [1.165, 1.54) is 0 Å². The van der Waals surface area contributed by atoms with Gasteiger partial charge in [0.1, 0.15) is 17.3 Å². The Morgan fingerprint density at radius 2 is 2.06 bits per heavy atom. The van der Waals surface area contributed by atoms with Crippen molar-refractivity contribution in [3.8, 4) is 5.75 Å². The predicted molar refractivity (Wildman–Crippen MR) is 76.2 cm³/mol. The van der Waals surface area contributed by atoms with Crippen molar-refractivity contribution in [3.63, 3.8) is 0 Å².